The monoisotopic (exact) mass is 488 g/mol. The summed E-state index contributed by atoms with van der Waals surface area (Å²) in [7, 11) is 0. The van der Waals surface area contributed by atoms with Gasteiger partial charge in [0.05, 0.1) is 21.7 Å². The molecule has 0 bridgehead atoms. The number of anilines is 2. The highest BCUT2D eigenvalue weighted by Gasteiger charge is 2.32. The second-order valence-corrected chi connectivity index (χ2v) is 9.04. The highest BCUT2D eigenvalue weighted by Crippen LogP contribution is 2.38. The van der Waals surface area contributed by atoms with Crippen LogP contribution in [0, 0.1) is 34.5 Å². The predicted molar refractivity (Wildman–Crippen MR) is 114 cm³/mol. The highest BCUT2D eigenvalue weighted by atomic mass is 32.2. The summed E-state index contributed by atoms with van der Waals surface area (Å²) in [4.78, 5) is 25.5. The second kappa shape index (κ2) is 9.58. The fourth-order valence-corrected chi connectivity index (χ4v) is 4.16. The second-order valence-electron chi connectivity index (χ2n) is 8.06. The van der Waals surface area contributed by atoms with Crippen molar-refractivity contribution >= 4 is 35.0 Å². The molecule has 0 fully saturated rings. The van der Waals surface area contributed by atoms with Crippen LogP contribution in [0.4, 0.5) is 33.3 Å². The topological polar surface area (TPSA) is 58.6 Å². The number of halogens is 5. The molecule has 2 aromatic rings. The van der Waals surface area contributed by atoms with Crippen LogP contribution in [0.3, 0.4) is 0 Å². The Bertz CT molecular complexity index is 1080. The number of thioether (sulfide) groups is 1. The lowest BCUT2D eigenvalue weighted by Crippen LogP contribution is -2.39. The summed E-state index contributed by atoms with van der Waals surface area (Å²) in [6.07, 6.45) is 0.641. The Balaban J connectivity index is 1.80. The molecular weight excluding hydrogens is 467 g/mol. The predicted octanol–water partition coefficient (Wildman–Crippen LogP) is 5.27. The normalized spacial score (nSPS) is 13.6. The van der Waals surface area contributed by atoms with Crippen molar-refractivity contribution in [3.8, 4) is 5.75 Å². The molecule has 178 valence electrons. The lowest BCUT2D eigenvalue weighted by Gasteiger charge is -2.30. The largest absolute Gasteiger partial charge is 0.481 e. The number of ether oxygens (including phenoxy) is 1. The minimum Gasteiger partial charge on any atom is -0.481 e. The van der Waals surface area contributed by atoms with Crippen molar-refractivity contribution in [1.29, 1.82) is 0 Å². The molecule has 1 aliphatic heterocycles. The molecule has 33 heavy (non-hydrogen) atoms. The summed E-state index contributed by atoms with van der Waals surface area (Å²) in [5.41, 5.74) is -1.24. The zero-order valence-electron chi connectivity index (χ0n) is 18.0. The molecule has 11 heteroatoms. The molecule has 0 spiro atoms. The van der Waals surface area contributed by atoms with Crippen molar-refractivity contribution in [2.75, 3.05) is 29.1 Å². The van der Waals surface area contributed by atoms with Crippen LogP contribution in [-0.4, -0.2) is 30.7 Å². The van der Waals surface area contributed by atoms with Gasteiger partial charge in [0, 0.05) is 24.4 Å². The van der Waals surface area contributed by atoms with Crippen LogP contribution >= 0.6 is 11.8 Å². The van der Waals surface area contributed by atoms with Gasteiger partial charge in [-0.25, -0.2) is 22.0 Å². The van der Waals surface area contributed by atoms with Gasteiger partial charge in [-0.15, -0.1) is 11.8 Å². The van der Waals surface area contributed by atoms with Crippen molar-refractivity contribution in [2.45, 2.75) is 32.1 Å². The van der Waals surface area contributed by atoms with E-state index in [2.05, 4.69) is 5.32 Å². The maximum Gasteiger partial charge on any atom is 0.265 e. The van der Waals surface area contributed by atoms with E-state index in [0.717, 1.165) is 6.07 Å². The first-order valence-electron chi connectivity index (χ1n) is 10.00. The lowest BCUT2D eigenvalue weighted by molar-refractivity contribution is -0.123. The van der Waals surface area contributed by atoms with Gasteiger partial charge >= 0.3 is 0 Å². The molecule has 1 N–H and O–H groups in total. The van der Waals surface area contributed by atoms with E-state index in [-0.39, 0.29) is 35.8 Å². The van der Waals surface area contributed by atoms with E-state index in [0.29, 0.717) is 30.4 Å². The van der Waals surface area contributed by atoms with Crippen molar-refractivity contribution in [3.05, 3.63) is 47.3 Å². The van der Waals surface area contributed by atoms with Gasteiger partial charge in [0.2, 0.25) is 5.91 Å². The summed E-state index contributed by atoms with van der Waals surface area (Å²) in [5.74, 6) is -8.16. The van der Waals surface area contributed by atoms with Gasteiger partial charge in [-0.05, 0) is 12.5 Å². The van der Waals surface area contributed by atoms with Gasteiger partial charge in [-0.3, -0.25) is 9.59 Å². The number of amides is 2. The third kappa shape index (κ3) is 5.07. The van der Waals surface area contributed by atoms with Gasteiger partial charge in [-0.2, -0.15) is 0 Å². The average molecular weight is 488 g/mol. The van der Waals surface area contributed by atoms with Gasteiger partial charge < -0.3 is 15.0 Å². The fraction of sp³-hybridized carbons (Fsp3) is 0.364. The van der Waals surface area contributed by atoms with Crippen molar-refractivity contribution < 1.29 is 36.3 Å². The molecule has 0 atom stereocenters. The van der Waals surface area contributed by atoms with Crippen LogP contribution in [0.15, 0.2) is 23.1 Å². The van der Waals surface area contributed by atoms with Crippen LogP contribution < -0.4 is 15.0 Å². The molecule has 0 saturated heterocycles. The van der Waals surface area contributed by atoms with E-state index in [9.17, 15) is 31.5 Å². The molecule has 1 aliphatic rings. The van der Waals surface area contributed by atoms with Crippen molar-refractivity contribution in [1.82, 2.24) is 0 Å². The first-order valence-corrected chi connectivity index (χ1v) is 11.0. The third-order valence-electron chi connectivity index (χ3n) is 4.95. The first kappa shape index (κ1) is 24.8. The molecule has 2 amide bonds. The Morgan fingerprint density at radius 2 is 1.73 bits per heavy atom. The minimum atomic E-state index is -1.56. The Morgan fingerprint density at radius 1 is 1.09 bits per heavy atom. The van der Waals surface area contributed by atoms with E-state index < -0.39 is 45.3 Å². The molecule has 0 unspecified atom stereocenters. The minimum absolute atomic E-state index is 0.0989. The number of benzene rings is 2. The van der Waals surface area contributed by atoms with Gasteiger partial charge in [0.25, 0.3) is 5.91 Å². The van der Waals surface area contributed by atoms with Gasteiger partial charge in [0.15, 0.2) is 35.7 Å². The number of nitrogens with zero attached hydrogens (tertiary/aromatic N) is 1. The quantitative estimate of drug-likeness (QED) is 0.328. The van der Waals surface area contributed by atoms with E-state index in [1.807, 2.05) is 6.92 Å². The summed E-state index contributed by atoms with van der Waals surface area (Å²) >= 11 is 0.425. The van der Waals surface area contributed by atoms with Crippen LogP contribution in [0.1, 0.15) is 27.2 Å². The SMILES string of the molecule is CCCN1C(=O)COc2cc(F)c(NC(=O)C(C)(C)CSc3c(F)c(F)cc(F)c3F)cc21. The first-order chi connectivity index (χ1) is 15.5. The van der Waals surface area contributed by atoms with Crippen molar-refractivity contribution in [3.63, 3.8) is 0 Å². The van der Waals surface area contributed by atoms with Gasteiger partial charge in [-0.1, -0.05) is 20.8 Å². The molecule has 0 saturated carbocycles. The zero-order valence-corrected chi connectivity index (χ0v) is 18.8. The third-order valence-corrected chi connectivity index (χ3v) is 6.46. The van der Waals surface area contributed by atoms with E-state index in [1.165, 1.54) is 24.8 Å². The number of hydrogen-bond donors (Lipinski definition) is 1. The number of carbonyl (C=O) groups is 2. The maximum atomic E-state index is 14.6. The molecule has 0 aliphatic carbocycles. The van der Waals surface area contributed by atoms with Crippen LogP contribution in [-0.2, 0) is 9.59 Å². The number of rotatable bonds is 7. The van der Waals surface area contributed by atoms with Crippen molar-refractivity contribution in [2.24, 2.45) is 5.41 Å². The van der Waals surface area contributed by atoms with E-state index >= 15 is 0 Å². The molecule has 3 rings (SSSR count). The Morgan fingerprint density at radius 3 is 2.33 bits per heavy atom. The number of nitrogens with one attached hydrogen (secondary N) is 1. The van der Waals surface area contributed by atoms with Crippen LogP contribution in [0.2, 0.25) is 0 Å². The molecule has 0 aromatic heterocycles. The molecular formula is C22H21F5N2O3S. The summed E-state index contributed by atoms with van der Waals surface area (Å²) in [6, 6.07) is 2.43. The van der Waals surface area contributed by atoms with Gasteiger partial charge in [0.1, 0.15) is 5.75 Å². The number of carbonyl (C=O) groups excluding carboxylic acids is 2. The lowest BCUT2D eigenvalue weighted by atomic mass is 9.95. The number of hydrogen-bond acceptors (Lipinski definition) is 4. The average Bonchev–Trinajstić information content (AvgIpc) is 2.75. The van der Waals surface area contributed by atoms with Crippen LogP contribution in [0.5, 0.6) is 5.75 Å². The maximum absolute atomic E-state index is 14.6. The Labute approximate surface area is 191 Å². The summed E-state index contributed by atoms with van der Waals surface area (Å²) in [6.45, 7) is 4.86. The Kier molecular flexibility index (Phi) is 7.20. The van der Waals surface area contributed by atoms with E-state index in [1.54, 1.807) is 0 Å². The number of fused-ring (bicyclic) bond motifs is 1. The summed E-state index contributed by atoms with van der Waals surface area (Å²) < 4.78 is 74.5. The molecule has 2 aromatic carbocycles. The zero-order chi connectivity index (χ0) is 24.5. The molecule has 0 radical (unpaired) electrons. The Hall–Kier alpha value is -2.82. The van der Waals surface area contributed by atoms with E-state index in [4.69, 9.17) is 4.74 Å². The standard InChI is InChI=1S/C22H21F5N2O3S/c1-4-5-29-15-8-14(11(23)7-16(15)32-9-17(29)30)28-21(31)22(2,3)10-33-20-18(26)12(24)6-13(25)19(20)27/h6-8H,4-5,9-10H2,1-3H3,(H,28,31). The fourth-order valence-electron chi connectivity index (χ4n) is 3.07. The van der Waals surface area contributed by atoms with Crippen LogP contribution in [0.25, 0.3) is 0 Å². The summed E-state index contributed by atoms with van der Waals surface area (Å²) in [5, 5.41) is 2.41. The smallest absolute Gasteiger partial charge is 0.265 e. The molecule has 1 heterocycles. The molecule has 5 nitrogen and oxygen atoms in total. The highest BCUT2D eigenvalue weighted by molar-refractivity contribution is 7.99.